The first-order chi connectivity index (χ1) is 10.2. The summed E-state index contributed by atoms with van der Waals surface area (Å²) >= 11 is 0. The number of benzene rings is 2. The van der Waals surface area contributed by atoms with Crippen LogP contribution in [0.3, 0.4) is 0 Å². The van der Waals surface area contributed by atoms with Crippen molar-refractivity contribution in [1.29, 1.82) is 0 Å². The molecule has 21 heavy (non-hydrogen) atoms. The highest BCUT2D eigenvalue weighted by Gasteiger charge is 2.08. The molecule has 0 N–H and O–H groups in total. The van der Waals surface area contributed by atoms with Gasteiger partial charge < -0.3 is 9.47 Å². The van der Waals surface area contributed by atoms with E-state index in [2.05, 4.69) is 0 Å². The predicted octanol–water partition coefficient (Wildman–Crippen LogP) is 4.01. The van der Waals surface area contributed by atoms with E-state index in [0.717, 1.165) is 16.9 Å². The SMILES string of the molecule is COc1cccc(/C=C/C(=O)OC(C)c2ccccc2)c1. The van der Waals surface area contributed by atoms with E-state index in [-0.39, 0.29) is 12.1 Å². The van der Waals surface area contributed by atoms with Crippen LogP contribution in [-0.2, 0) is 9.53 Å². The lowest BCUT2D eigenvalue weighted by Crippen LogP contribution is -2.05. The van der Waals surface area contributed by atoms with Crippen LogP contribution in [-0.4, -0.2) is 13.1 Å². The molecule has 0 aliphatic carbocycles. The molecule has 0 heterocycles. The normalized spacial score (nSPS) is 12.1. The van der Waals surface area contributed by atoms with E-state index < -0.39 is 0 Å². The Morgan fingerprint density at radius 2 is 1.86 bits per heavy atom. The molecule has 0 saturated carbocycles. The van der Waals surface area contributed by atoms with Gasteiger partial charge in [-0.15, -0.1) is 0 Å². The molecule has 0 bridgehead atoms. The molecule has 0 saturated heterocycles. The number of methoxy groups -OCH3 is 1. The van der Waals surface area contributed by atoms with Crippen molar-refractivity contribution >= 4 is 12.0 Å². The summed E-state index contributed by atoms with van der Waals surface area (Å²) in [6, 6.07) is 17.1. The summed E-state index contributed by atoms with van der Waals surface area (Å²) in [6.45, 7) is 1.85. The van der Waals surface area contributed by atoms with E-state index in [1.54, 1.807) is 13.2 Å². The zero-order valence-corrected chi connectivity index (χ0v) is 12.2. The molecule has 0 radical (unpaired) electrons. The van der Waals surface area contributed by atoms with Crippen molar-refractivity contribution in [2.75, 3.05) is 7.11 Å². The van der Waals surface area contributed by atoms with Gasteiger partial charge in [-0.1, -0.05) is 42.5 Å². The van der Waals surface area contributed by atoms with E-state index in [9.17, 15) is 4.79 Å². The molecule has 2 aromatic carbocycles. The van der Waals surface area contributed by atoms with Gasteiger partial charge in [0.15, 0.2) is 0 Å². The van der Waals surface area contributed by atoms with Crippen LogP contribution in [0.5, 0.6) is 5.75 Å². The minimum Gasteiger partial charge on any atom is -0.497 e. The van der Waals surface area contributed by atoms with Gasteiger partial charge in [-0.05, 0) is 36.3 Å². The van der Waals surface area contributed by atoms with Crippen LogP contribution < -0.4 is 4.74 Å². The predicted molar refractivity (Wildman–Crippen MR) is 83.0 cm³/mol. The van der Waals surface area contributed by atoms with Crippen LogP contribution in [0.4, 0.5) is 0 Å². The fraction of sp³-hybridized carbons (Fsp3) is 0.167. The number of carbonyl (C=O) groups excluding carboxylic acids is 1. The minimum absolute atomic E-state index is 0.270. The first-order valence-electron chi connectivity index (χ1n) is 6.77. The lowest BCUT2D eigenvalue weighted by atomic mass is 10.1. The fourth-order valence-corrected chi connectivity index (χ4v) is 1.92. The Balaban J connectivity index is 1.96. The Hall–Kier alpha value is -2.55. The van der Waals surface area contributed by atoms with Gasteiger partial charge in [0, 0.05) is 6.08 Å². The Labute approximate surface area is 124 Å². The van der Waals surface area contributed by atoms with Crippen molar-refractivity contribution in [3.63, 3.8) is 0 Å². The van der Waals surface area contributed by atoms with Gasteiger partial charge in [0.2, 0.25) is 0 Å². The first-order valence-corrected chi connectivity index (χ1v) is 6.77. The van der Waals surface area contributed by atoms with E-state index in [1.807, 2.05) is 61.5 Å². The second-order valence-corrected chi connectivity index (χ2v) is 4.60. The smallest absolute Gasteiger partial charge is 0.331 e. The molecule has 2 rings (SSSR count). The number of hydrogen-bond acceptors (Lipinski definition) is 3. The third-order valence-corrected chi connectivity index (χ3v) is 3.07. The maximum absolute atomic E-state index is 11.8. The molecule has 1 unspecified atom stereocenters. The molecule has 3 heteroatoms. The molecule has 0 spiro atoms. The van der Waals surface area contributed by atoms with Gasteiger partial charge in [0.05, 0.1) is 7.11 Å². The van der Waals surface area contributed by atoms with Crippen LogP contribution >= 0.6 is 0 Å². The third kappa shape index (κ3) is 4.49. The molecule has 0 aliphatic rings. The lowest BCUT2D eigenvalue weighted by Gasteiger charge is -2.11. The average Bonchev–Trinajstić information content (AvgIpc) is 2.54. The summed E-state index contributed by atoms with van der Waals surface area (Å²) < 4.78 is 10.5. The number of ether oxygens (including phenoxy) is 2. The van der Waals surface area contributed by atoms with Crippen LogP contribution in [0.2, 0.25) is 0 Å². The van der Waals surface area contributed by atoms with Gasteiger partial charge in [-0.3, -0.25) is 0 Å². The van der Waals surface area contributed by atoms with E-state index >= 15 is 0 Å². The van der Waals surface area contributed by atoms with Crippen molar-refractivity contribution in [3.05, 3.63) is 71.8 Å². The van der Waals surface area contributed by atoms with E-state index in [4.69, 9.17) is 9.47 Å². The largest absolute Gasteiger partial charge is 0.497 e. The van der Waals surface area contributed by atoms with Crippen LogP contribution in [0.15, 0.2) is 60.7 Å². The topological polar surface area (TPSA) is 35.5 Å². The number of hydrogen-bond donors (Lipinski definition) is 0. The van der Waals surface area contributed by atoms with Gasteiger partial charge in [-0.25, -0.2) is 4.79 Å². The molecule has 0 aliphatic heterocycles. The summed E-state index contributed by atoms with van der Waals surface area (Å²) in [6.07, 6.45) is 2.87. The lowest BCUT2D eigenvalue weighted by molar-refractivity contribution is -0.142. The highest BCUT2D eigenvalue weighted by Crippen LogP contribution is 2.17. The Bertz CT molecular complexity index is 617. The minimum atomic E-state index is -0.367. The standard InChI is InChI=1S/C18H18O3/c1-14(16-8-4-3-5-9-16)21-18(19)12-11-15-7-6-10-17(13-15)20-2/h3-14H,1-2H3/b12-11+. The van der Waals surface area contributed by atoms with Gasteiger partial charge in [-0.2, -0.15) is 0 Å². The van der Waals surface area contributed by atoms with Crippen molar-refractivity contribution < 1.29 is 14.3 Å². The van der Waals surface area contributed by atoms with Crippen LogP contribution in [0, 0.1) is 0 Å². The van der Waals surface area contributed by atoms with Crippen molar-refractivity contribution in [3.8, 4) is 5.75 Å². The second kappa shape index (κ2) is 7.29. The average molecular weight is 282 g/mol. The Morgan fingerprint density at radius 3 is 2.57 bits per heavy atom. The van der Waals surface area contributed by atoms with Crippen molar-refractivity contribution in [1.82, 2.24) is 0 Å². The maximum atomic E-state index is 11.8. The van der Waals surface area contributed by atoms with Crippen molar-refractivity contribution in [2.24, 2.45) is 0 Å². The number of carbonyl (C=O) groups is 1. The summed E-state index contributed by atoms with van der Waals surface area (Å²) in [5, 5.41) is 0. The molecule has 0 amide bonds. The zero-order valence-electron chi connectivity index (χ0n) is 12.2. The summed E-state index contributed by atoms with van der Waals surface area (Å²) in [7, 11) is 1.61. The number of esters is 1. The monoisotopic (exact) mass is 282 g/mol. The van der Waals surface area contributed by atoms with Gasteiger partial charge in [0.25, 0.3) is 0 Å². The number of rotatable bonds is 5. The Kier molecular flexibility index (Phi) is 5.16. The van der Waals surface area contributed by atoms with Gasteiger partial charge in [0.1, 0.15) is 11.9 Å². The molecule has 108 valence electrons. The van der Waals surface area contributed by atoms with E-state index in [1.165, 1.54) is 6.08 Å². The fourth-order valence-electron chi connectivity index (χ4n) is 1.92. The molecular formula is C18H18O3. The summed E-state index contributed by atoms with van der Waals surface area (Å²) in [5.41, 5.74) is 1.86. The van der Waals surface area contributed by atoms with E-state index in [0.29, 0.717) is 0 Å². The molecular weight excluding hydrogens is 264 g/mol. The highest BCUT2D eigenvalue weighted by molar-refractivity contribution is 5.87. The molecule has 0 aromatic heterocycles. The molecule has 3 nitrogen and oxygen atoms in total. The third-order valence-electron chi connectivity index (χ3n) is 3.07. The maximum Gasteiger partial charge on any atom is 0.331 e. The molecule has 1 atom stereocenters. The Morgan fingerprint density at radius 1 is 1.10 bits per heavy atom. The second-order valence-electron chi connectivity index (χ2n) is 4.60. The summed E-state index contributed by atoms with van der Waals surface area (Å²) in [5.74, 6) is 0.386. The zero-order chi connectivity index (χ0) is 15.1. The quantitative estimate of drug-likeness (QED) is 0.614. The van der Waals surface area contributed by atoms with Crippen LogP contribution in [0.1, 0.15) is 24.2 Å². The first kappa shape index (κ1) is 14.9. The van der Waals surface area contributed by atoms with Gasteiger partial charge >= 0.3 is 5.97 Å². The summed E-state index contributed by atoms with van der Waals surface area (Å²) in [4.78, 5) is 11.8. The molecule has 0 fully saturated rings. The highest BCUT2D eigenvalue weighted by atomic mass is 16.5. The van der Waals surface area contributed by atoms with Crippen LogP contribution in [0.25, 0.3) is 6.08 Å². The molecule has 2 aromatic rings. The van der Waals surface area contributed by atoms with Crippen molar-refractivity contribution in [2.45, 2.75) is 13.0 Å².